The standard InChI is InChI=1S/C24H24ClN3O5S2/c1-18-16-19(12-13-22(18)25)26-24(29)23-17-27(34(30,31)20-8-4-2-5-9-20)14-15-28(23)35(32,33)21-10-6-3-7-11-21/h2-13,16,23H,14-15,17H2,1H3,(H,26,29)/t23-/m1/s1. The molecule has 0 aromatic heterocycles. The first-order valence-electron chi connectivity index (χ1n) is 10.8. The van der Waals surface area contributed by atoms with E-state index < -0.39 is 32.0 Å². The van der Waals surface area contributed by atoms with Crippen LogP contribution >= 0.6 is 11.6 Å². The van der Waals surface area contributed by atoms with Crippen molar-refractivity contribution in [2.24, 2.45) is 0 Å². The van der Waals surface area contributed by atoms with Crippen molar-refractivity contribution in [1.29, 1.82) is 0 Å². The molecule has 1 aliphatic heterocycles. The number of amides is 1. The summed E-state index contributed by atoms with van der Waals surface area (Å²) in [7, 11) is -8.00. The average molecular weight is 534 g/mol. The number of nitrogens with one attached hydrogen (secondary N) is 1. The summed E-state index contributed by atoms with van der Waals surface area (Å²) < 4.78 is 55.6. The van der Waals surface area contributed by atoms with Crippen LogP contribution in [0.2, 0.25) is 5.02 Å². The van der Waals surface area contributed by atoms with Crippen LogP contribution in [0.4, 0.5) is 5.69 Å². The summed E-state index contributed by atoms with van der Waals surface area (Å²) >= 11 is 6.07. The fraction of sp³-hybridized carbons (Fsp3) is 0.208. The van der Waals surface area contributed by atoms with Crippen LogP contribution in [-0.2, 0) is 24.8 Å². The van der Waals surface area contributed by atoms with Crippen LogP contribution in [0.3, 0.4) is 0 Å². The minimum absolute atomic E-state index is 0.0273. The van der Waals surface area contributed by atoms with Crippen molar-refractivity contribution >= 4 is 43.2 Å². The van der Waals surface area contributed by atoms with Crippen molar-refractivity contribution in [1.82, 2.24) is 8.61 Å². The van der Waals surface area contributed by atoms with Crippen molar-refractivity contribution in [3.63, 3.8) is 0 Å². The molecular formula is C24H24ClN3O5S2. The number of benzene rings is 3. The molecule has 0 aliphatic carbocycles. The number of rotatable bonds is 6. The van der Waals surface area contributed by atoms with E-state index in [2.05, 4.69) is 5.32 Å². The van der Waals surface area contributed by atoms with Gasteiger partial charge in [0.2, 0.25) is 26.0 Å². The Labute approximate surface area is 210 Å². The summed E-state index contributed by atoms with van der Waals surface area (Å²) in [4.78, 5) is 13.5. The second-order valence-corrected chi connectivity index (χ2v) is 12.3. The van der Waals surface area contributed by atoms with Gasteiger partial charge in [-0.05, 0) is 55.0 Å². The first kappa shape index (κ1) is 25.3. The monoisotopic (exact) mass is 533 g/mol. The van der Waals surface area contributed by atoms with Gasteiger partial charge in [-0.3, -0.25) is 4.79 Å². The molecule has 4 rings (SSSR count). The third kappa shape index (κ3) is 5.26. The van der Waals surface area contributed by atoms with Gasteiger partial charge in [-0.15, -0.1) is 0 Å². The molecule has 1 N–H and O–H groups in total. The molecule has 1 amide bonds. The Morgan fingerprint density at radius 1 is 0.857 bits per heavy atom. The Kier molecular flexibility index (Phi) is 7.30. The van der Waals surface area contributed by atoms with Crippen LogP contribution in [0, 0.1) is 6.92 Å². The Hall–Kier alpha value is -2.76. The Morgan fingerprint density at radius 2 is 1.43 bits per heavy atom. The molecule has 0 radical (unpaired) electrons. The van der Waals surface area contributed by atoms with Crippen LogP contribution in [-0.4, -0.2) is 57.0 Å². The van der Waals surface area contributed by atoms with E-state index in [1.54, 1.807) is 61.5 Å². The zero-order valence-corrected chi connectivity index (χ0v) is 21.2. The Bertz CT molecular complexity index is 1430. The van der Waals surface area contributed by atoms with Crippen LogP contribution < -0.4 is 5.32 Å². The molecule has 8 nitrogen and oxygen atoms in total. The first-order chi connectivity index (χ1) is 16.6. The quantitative estimate of drug-likeness (QED) is 0.523. The number of aryl methyl sites for hydroxylation is 1. The predicted octanol–water partition coefficient (Wildman–Crippen LogP) is 3.35. The van der Waals surface area contributed by atoms with E-state index in [4.69, 9.17) is 11.6 Å². The third-order valence-corrected chi connectivity index (χ3v) is 9.98. The van der Waals surface area contributed by atoms with E-state index in [-0.39, 0.29) is 29.4 Å². The molecule has 184 valence electrons. The van der Waals surface area contributed by atoms with Crippen LogP contribution in [0.25, 0.3) is 0 Å². The molecule has 3 aromatic carbocycles. The van der Waals surface area contributed by atoms with Gasteiger partial charge in [-0.2, -0.15) is 8.61 Å². The lowest BCUT2D eigenvalue weighted by atomic mass is 10.2. The zero-order valence-electron chi connectivity index (χ0n) is 18.8. The van der Waals surface area contributed by atoms with E-state index in [1.807, 2.05) is 0 Å². The summed E-state index contributed by atoms with van der Waals surface area (Å²) in [6.07, 6.45) is 0. The number of nitrogens with zero attached hydrogens (tertiary/aromatic N) is 2. The lowest BCUT2D eigenvalue weighted by Gasteiger charge is -2.38. The van der Waals surface area contributed by atoms with Crippen LogP contribution in [0.5, 0.6) is 0 Å². The summed E-state index contributed by atoms with van der Waals surface area (Å²) in [6.45, 7) is 1.18. The molecule has 0 bridgehead atoms. The number of carbonyl (C=O) groups excluding carboxylic acids is 1. The number of hydrogen-bond donors (Lipinski definition) is 1. The van der Waals surface area contributed by atoms with Gasteiger partial charge < -0.3 is 5.32 Å². The maximum Gasteiger partial charge on any atom is 0.244 e. The van der Waals surface area contributed by atoms with Crippen LogP contribution in [0.1, 0.15) is 5.56 Å². The van der Waals surface area contributed by atoms with Gasteiger partial charge in [0.15, 0.2) is 0 Å². The molecule has 0 unspecified atom stereocenters. The van der Waals surface area contributed by atoms with E-state index in [0.29, 0.717) is 10.7 Å². The number of hydrogen-bond acceptors (Lipinski definition) is 5. The number of sulfonamides is 2. The topological polar surface area (TPSA) is 104 Å². The average Bonchev–Trinajstić information content (AvgIpc) is 2.87. The highest BCUT2D eigenvalue weighted by Crippen LogP contribution is 2.27. The van der Waals surface area contributed by atoms with E-state index in [0.717, 1.165) is 14.2 Å². The van der Waals surface area contributed by atoms with Gasteiger partial charge in [0.25, 0.3) is 0 Å². The van der Waals surface area contributed by atoms with Crippen LogP contribution in [0.15, 0.2) is 88.7 Å². The molecule has 3 aromatic rings. The van der Waals surface area contributed by atoms with Crippen molar-refractivity contribution in [2.75, 3.05) is 25.0 Å². The maximum absolute atomic E-state index is 13.4. The first-order valence-corrected chi connectivity index (χ1v) is 14.1. The van der Waals surface area contributed by atoms with Gasteiger partial charge in [0, 0.05) is 30.3 Å². The molecule has 1 aliphatic rings. The minimum Gasteiger partial charge on any atom is -0.325 e. The largest absolute Gasteiger partial charge is 0.325 e. The van der Waals surface area contributed by atoms with Gasteiger partial charge in [0.1, 0.15) is 6.04 Å². The molecule has 1 heterocycles. The molecule has 0 spiro atoms. The predicted molar refractivity (Wildman–Crippen MR) is 134 cm³/mol. The van der Waals surface area contributed by atoms with E-state index in [1.165, 1.54) is 24.3 Å². The van der Waals surface area contributed by atoms with Gasteiger partial charge >= 0.3 is 0 Å². The maximum atomic E-state index is 13.4. The molecule has 1 fully saturated rings. The number of piperazine rings is 1. The highest BCUT2D eigenvalue weighted by Gasteiger charge is 2.43. The molecule has 1 atom stereocenters. The van der Waals surface area contributed by atoms with Crippen molar-refractivity contribution in [2.45, 2.75) is 22.8 Å². The molecule has 35 heavy (non-hydrogen) atoms. The highest BCUT2D eigenvalue weighted by molar-refractivity contribution is 7.89. The normalized spacial score (nSPS) is 17.7. The highest BCUT2D eigenvalue weighted by atomic mass is 35.5. The second-order valence-electron chi connectivity index (χ2n) is 8.07. The fourth-order valence-electron chi connectivity index (χ4n) is 3.88. The lowest BCUT2D eigenvalue weighted by molar-refractivity contribution is -0.120. The number of carbonyl (C=O) groups is 1. The number of anilines is 1. The zero-order chi connectivity index (χ0) is 25.2. The summed E-state index contributed by atoms with van der Waals surface area (Å²) in [5.41, 5.74) is 1.16. The lowest BCUT2D eigenvalue weighted by Crippen LogP contribution is -2.60. The molecule has 1 saturated heterocycles. The SMILES string of the molecule is Cc1cc(NC(=O)[C@H]2CN(S(=O)(=O)c3ccccc3)CCN2S(=O)(=O)c2ccccc2)ccc1Cl. The number of halogens is 1. The van der Waals surface area contributed by atoms with Crippen molar-refractivity contribution < 1.29 is 21.6 Å². The van der Waals surface area contributed by atoms with Gasteiger partial charge in [0.05, 0.1) is 9.79 Å². The van der Waals surface area contributed by atoms with Gasteiger partial charge in [-0.25, -0.2) is 16.8 Å². The second kappa shape index (κ2) is 10.1. The Morgan fingerprint density at radius 3 is 2.00 bits per heavy atom. The van der Waals surface area contributed by atoms with E-state index >= 15 is 0 Å². The fourth-order valence-corrected chi connectivity index (χ4v) is 7.05. The van der Waals surface area contributed by atoms with Crippen molar-refractivity contribution in [3.8, 4) is 0 Å². The molecular weight excluding hydrogens is 510 g/mol. The third-order valence-electron chi connectivity index (χ3n) is 5.75. The van der Waals surface area contributed by atoms with Crippen molar-refractivity contribution in [3.05, 3.63) is 89.4 Å². The van der Waals surface area contributed by atoms with Gasteiger partial charge in [-0.1, -0.05) is 48.0 Å². The summed E-state index contributed by atoms with van der Waals surface area (Å²) in [5, 5.41) is 3.24. The Balaban J connectivity index is 1.69. The summed E-state index contributed by atoms with van der Waals surface area (Å²) in [6, 6.07) is 19.2. The minimum atomic E-state index is -4.07. The molecule has 0 saturated carbocycles. The van der Waals surface area contributed by atoms with E-state index in [9.17, 15) is 21.6 Å². The smallest absolute Gasteiger partial charge is 0.244 e. The molecule has 11 heteroatoms. The summed E-state index contributed by atoms with van der Waals surface area (Å²) in [5.74, 6) is -0.640.